The average molecular weight is 237 g/mol. The van der Waals surface area contributed by atoms with Gasteiger partial charge >= 0.3 is 0 Å². The smallest absolute Gasteiger partial charge is 0.213 e. The lowest BCUT2D eigenvalue weighted by Gasteiger charge is -2.37. The molecular formula is C13H23N3O. The highest BCUT2D eigenvalue weighted by Gasteiger charge is 2.29. The van der Waals surface area contributed by atoms with Crippen LogP contribution < -0.4 is 5.32 Å². The van der Waals surface area contributed by atoms with Crippen LogP contribution in [0.15, 0.2) is 10.9 Å². The second-order valence-corrected chi connectivity index (χ2v) is 6.14. The van der Waals surface area contributed by atoms with Crippen LogP contribution in [0, 0.1) is 11.3 Å². The predicted molar refractivity (Wildman–Crippen MR) is 66.3 cm³/mol. The van der Waals surface area contributed by atoms with Gasteiger partial charge in [0.1, 0.15) is 0 Å². The summed E-state index contributed by atoms with van der Waals surface area (Å²) >= 11 is 0. The Labute approximate surface area is 103 Å². The van der Waals surface area contributed by atoms with Crippen LogP contribution in [-0.4, -0.2) is 16.2 Å². The largest absolute Gasteiger partial charge is 0.343 e. The normalized spacial score (nSPS) is 26.1. The number of hydrogen-bond acceptors (Lipinski definition) is 4. The summed E-state index contributed by atoms with van der Waals surface area (Å²) in [6.45, 7) is 7.78. The average Bonchev–Trinajstić information content (AvgIpc) is 2.78. The van der Waals surface area contributed by atoms with E-state index in [0.717, 1.165) is 18.3 Å². The van der Waals surface area contributed by atoms with E-state index in [4.69, 9.17) is 4.52 Å². The zero-order chi connectivity index (χ0) is 12.3. The molecule has 0 spiro atoms. The lowest BCUT2D eigenvalue weighted by molar-refractivity contribution is 0.159. The van der Waals surface area contributed by atoms with E-state index in [-0.39, 0.29) is 0 Å². The maximum absolute atomic E-state index is 4.72. The molecule has 0 aromatic carbocycles. The molecule has 1 saturated carbocycles. The van der Waals surface area contributed by atoms with E-state index in [0.29, 0.717) is 11.5 Å². The minimum absolute atomic E-state index is 0.457. The van der Waals surface area contributed by atoms with Crippen LogP contribution in [0.25, 0.3) is 0 Å². The Morgan fingerprint density at radius 1 is 1.29 bits per heavy atom. The molecule has 0 atom stereocenters. The second-order valence-electron chi connectivity index (χ2n) is 6.14. The number of nitrogens with zero attached hydrogens (tertiary/aromatic N) is 2. The third kappa shape index (κ3) is 3.53. The predicted octanol–water partition coefficient (Wildman–Crippen LogP) is 2.76. The molecule has 1 aliphatic rings. The van der Waals surface area contributed by atoms with Crippen LogP contribution in [0.2, 0.25) is 0 Å². The second kappa shape index (κ2) is 5.17. The van der Waals surface area contributed by atoms with E-state index in [1.165, 1.54) is 32.1 Å². The van der Waals surface area contributed by atoms with Gasteiger partial charge < -0.3 is 9.84 Å². The molecule has 1 aromatic heterocycles. The summed E-state index contributed by atoms with van der Waals surface area (Å²) in [4.78, 5) is 4.01. The van der Waals surface area contributed by atoms with Gasteiger partial charge in [0.25, 0.3) is 0 Å². The van der Waals surface area contributed by atoms with Crippen LogP contribution in [0.4, 0.5) is 0 Å². The van der Waals surface area contributed by atoms with Crippen LogP contribution in [0.3, 0.4) is 0 Å². The van der Waals surface area contributed by atoms with E-state index in [1.54, 1.807) is 0 Å². The van der Waals surface area contributed by atoms with E-state index in [1.807, 2.05) is 0 Å². The standard InChI is InChI=1S/C13H23N3O/c1-13(2,3)10-4-6-11(7-5-10)14-8-12-15-9-17-16-12/h9-11,14H,4-8H2,1-3H3. The minimum atomic E-state index is 0.457. The molecule has 0 unspecified atom stereocenters. The zero-order valence-corrected chi connectivity index (χ0v) is 11.1. The van der Waals surface area contributed by atoms with Gasteiger partial charge in [-0.1, -0.05) is 25.9 Å². The topological polar surface area (TPSA) is 51.0 Å². The fraction of sp³-hybridized carbons (Fsp3) is 0.846. The molecule has 0 saturated heterocycles. The lowest BCUT2D eigenvalue weighted by Crippen LogP contribution is -2.36. The highest BCUT2D eigenvalue weighted by atomic mass is 16.5. The van der Waals surface area contributed by atoms with Crippen molar-refractivity contribution in [2.75, 3.05) is 0 Å². The van der Waals surface area contributed by atoms with Gasteiger partial charge in [-0.2, -0.15) is 4.98 Å². The van der Waals surface area contributed by atoms with E-state index in [9.17, 15) is 0 Å². The first-order valence-corrected chi connectivity index (χ1v) is 6.54. The molecule has 17 heavy (non-hydrogen) atoms. The van der Waals surface area contributed by atoms with E-state index < -0.39 is 0 Å². The molecule has 1 fully saturated rings. The number of aromatic nitrogens is 2. The number of rotatable bonds is 3. The van der Waals surface area contributed by atoms with Crippen molar-refractivity contribution in [1.82, 2.24) is 15.5 Å². The molecule has 4 nitrogen and oxygen atoms in total. The van der Waals surface area contributed by atoms with Gasteiger partial charge in [-0.05, 0) is 37.0 Å². The van der Waals surface area contributed by atoms with Crippen molar-refractivity contribution in [3.05, 3.63) is 12.2 Å². The van der Waals surface area contributed by atoms with Crippen molar-refractivity contribution in [2.45, 2.75) is 59.0 Å². The quantitative estimate of drug-likeness (QED) is 0.878. The summed E-state index contributed by atoms with van der Waals surface area (Å²) in [6.07, 6.45) is 6.56. The monoisotopic (exact) mass is 237 g/mol. The highest BCUT2D eigenvalue weighted by molar-refractivity contribution is 4.85. The Bertz CT molecular complexity index is 321. The first kappa shape index (κ1) is 12.6. The Balaban J connectivity index is 1.72. The van der Waals surface area contributed by atoms with Gasteiger partial charge in [0.15, 0.2) is 5.82 Å². The fourth-order valence-corrected chi connectivity index (χ4v) is 2.67. The van der Waals surface area contributed by atoms with Crippen molar-refractivity contribution >= 4 is 0 Å². The molecule has 1 N–H and O–H groups in total. The maximum atomic E-state index is 4.72. The van der Waals surface area contributed by atoms with Gasteiger partial charge in [-0.3, -0.25) is 0 Å². The Morgan fingerprint density at radius 2 is 2.00 bits per heavy atom. The summed E-state index contributed by atoms with van der Waals surface area (Å²) in [5, 5.41) is 7.32. The van der Waals surface area contributed by atoms with Crippen molar-refractivity contribution in [1.29, 1.82) is 0 Å². The molecule has 1 aromatic rings. The lowest BCUT2D eigenvalue weighted by atomic mass is 9.71. The fourth-order valence-electron chi connectivity index (χ4n) is 2.67. The molecular weight excluding hydrogens is 214 g/mol. The SMILES string of the molecule is CC(C)(C)C1CCC(NCc2ncon2)CC1. The number of nitrogens with one attached hydrogen (secondary N) is 1. The summed E-state index contributed by atoms with van der Waals surface area (Å²) in [5.74, 6) is 1.62. The van der Waals surface area contributed by atoms with Gasteiger partial charge in [0, 0.05) is 6.04 Å². The maximum Gasteiger partial charge on any atom is 0.213 e. The van der Waals surface area contributed by atoms with Crippen molar-refractivity contribution in [3.8, 4) is 0 Å². The van der Waals surface area contributed by atoms with Gasteiger partial charge in [-0.25, -0.2) is 0 Å². The highest BCUT2D eigenvalue weighted by Crippen LogP contribution is 2.37. The third-order valence-electron chi connectivity index (χ3n) is 3.91. The van der Waals surface area contributed by atoms with Gasteiger partial charge in [0.05, 0.1) is 6.54 Å². The molecule has 0 aliphatic heterocycles. The van der Waals surface area contributed by atoms with Gasteiger partial charge in [-0.15, -0.1) is 0 Å². The molecule has 0 amide bonds. The summed E-state index contributed by atoms with van der Waals surface area (Å²) in [7, 11) is 0. The van der Waals surface area contributed by atoms with Crippen LogP contribution in [-0.2, 0) is 6.54 Å². The first-order valence-electron chi connectivity index (χ1n) is 6.54. The van der Waals surface area contributed by atoms with Crippen molar-refractivity contribution < 1.29 is 4.52 Å². The summed E-state index contributed by atoms with van der Waals surface area (Å²) < 4.78 is 4.72. The molecule has 0 bridgehead atoms. The first-order chi connectivity index (χ1) is 8.05. The molecule has 2 rings (SSSR count). The molecule has 4 heteroatoms. The zero-order valence-electron chi connectivity index (χ0n) is 11.1. The van der Waals surface area contributed by atoms with Gasteiger partial charge in [0.2, 0.25) is 6.39 Å². The molecule has 1 aliphatic carbocycles. The van der Waals surface area contributed by atoms with Crippen LogP contribution in [0.1, 0.15) is 52.3 Å². The Morgan fingerprint density at radius 3 is 2.53 bits per heavy atom. The third-order valence-corrected chi connectivity index (χ3v) is 3.91. The Kier molecular flexibility index (Phi) is 3.82. The van der Waals surface area contributed by atoms with Crippen molar-refractivity contribution in [2.24, 2.45) is 11.3 Å². The summed E-state index contributed by atoms with van der Waals surface area (Å²) in [5.41, 5.74) is 0.457. The minimum Gasteiger partial charge on any atom is -0.343 e. The molecule has 0 radical (unpaired) electrons. The van der Waals surface area contributed by atoms with Crippen LogP contribution >= 0.6 is 0 Å². The van der Waals surface area contributed by atoms with E-state index in [2.05, 4.69) is 36.2 Å². The number of hydrogen-bond donors (Lipinski definition) is 1. The molecule has 1 heterocycles. The van der Waals surface area contributed by atoms with Crippen molar-refractivity contribution in [3.63, 3.8) is 0 Å². The molecule has 96 valence electrons. The van der Waals surface area contributed by atoms with Crippen LogP contribution in [0.5, 0.6) is 0 Å². The Hall–Kier alpha value is -0.900. The van der Waals surface area contributed by atoms with E-state index >= 15 is 0 Å². The summed E-state index contributed by atoms with van der Waals surface area (Å²) in [6, 6.07) is 0.618.